The monoisotopic (exact) mass is 342 g/mol. The third-order valence-corrected chi connectivity index (χ3v) is 4.99. The van der Waals surface area contributed by atoms with Crippen LogP contribution in [0.1, 0.15) is 24.1 Å². The molecule has 2 N–H and O–H groups in total. The fourth-order valence-electron chi connectivity index (χ4n) is 3.63. The molecule has 25 heavy (non-hydrogen) atoms. The maximum absolute atomic E-state index is 12.7. The highest BCUT2D eigenvalue weighted by molar-refractivity contribution is 5.92. The Balaban J connectivity index is 1.52. The van der Waals surface area contributed by atoms with E-state index in [2.05, 4.69) is 20.3 Å². The minimum Gasteiger partial charge on any atom is -0.355 e. The minimum atomic E-state index is -0.159. The number of nitrogens with zero attached hydrogens (tertiary/aromatic N) is 4. The molecule has 0 atom stereocenters. The maximum atomic E-state index is 12.7. The number of carbonyl (C=O) groups excluding carboxylic acids is 1. The summed E-state index contributed by atoms with van der Waals surface area (Å²) in [5, 5.41) is 5.76. The average molecular weight is 342 g/mol. The number of rotatable bonds is 2. The molecule has 2 aliphatic heterocycles. The van der Waals surface area contributed by atoms with E-state index in [0.717, 1.165) is 48.7 Å². The molecule has 1 fully saturated rings. The molecule has 4 rings (SSSR count). The van der Waals surface area contributed by atoms with Crippen molar-refractivity contribution in [2.45, 2.75) is 25.8 Å². The van der Waals surface area contributed by atoms with E-state index < -0.39 is 0 Å². The third-order valence-electron chi connectivity index (χ3n) is 4.99. The van der Waals surface area contributed by atoms with Gasteiger partial charge in [-0.25, -0.2) is 9.78 Å². The van der Waals surface area contributed by atoms with Crippen molar-refractivity contribution in [3.63, 3.8) is 0 Å². The van der Waals surface area contributed by atoms with Gasteiger partial charge in [0.1, 0.15) is 0 Å². The van der Waals surface area contributed by atoms with E-state index in [1.807, 2.05) is 12.1 Å². The molecule has 1 saturated heterocycles. The highest BCUT2D eigenvalue weighted by Gasteiger charge is 2.26. The third kappa shape index (κ3) is 2.88. The van der Waals surface area contributed by atoms with E-state index in [0.29, 0.717) is 19.5 Å². The molecule has 0 unspecified atom stereocenters. The van der Waals surface area contributed by atoms with Crippen molar-refractivity contribution in [1.82, 2.24) is 19.7 Å². The summed E-state index contributed by atoms with van der Waals surface area (Å²) in [5.41, 5.74) is 2.34. The van der Waals surface area contributed by atoms with Crippen LogP contribution in [0.3, 0.4) is 0 Å². The second-order valence-corrected chi connectivity index (χ2v) is 6.60. The lowest BCUT2D eigenvalue weighted by Crippen LogP contribution is -2.40. The first kappa shape index (κ1) is 15.7. The van der Waals surface area contributed by atoms with Crippen LogP contribution in [0.15, 0.2) is 23.1 Å². The van der Waals surface area contributed by atoms with Gasteiger partial charge in [-0.2, -0.15) is 0 Å². The molecule has 0 saturated carbocycles. The highest BCUT2D eigenvalue weighted by atomic mass is 16.2. The van der Waals surface area contributed by atoms with Gasteiger partial charge in [0.25, 0.3) is 5.56 Å². The molecule has 0 bridgehead atoms. The molecule has 8 heteroatoms. The molecule has 4 heterocycles. The standard InChI is InChI=1S/C17H22N6O2/c1-21-14-11-23(10-6-12(14)16(24)20-21)17(25)19-13-5-4-7-18-15(13)22-8-2-3-9-22/h4-5,7H,2-3,6,8-11H2,1H3,(H,19,25)(H,20,24). The molecular formula is C17H22N6O2. The summed E-state index contributed by atoms with van der Waals surface area (Å²) in [6.07, 6.45) is 4.64. The zero-order valence-corrected chi connectivity index (χ0v) is 14.3. The summed E-state index contributed by atoms with van der Waals surface area (Å²) in [4.78, 5) is 33.0. The molecule has 2 aromatic rings. The second kappa shape index (κ2) is 6.27. The number of fused-ring (bicyclic) bond motifs is 1. The lowest BCUT2D eigenvalue weighted by atomic mass is 10.1. The fourth-order valence-corrected chi connectivity index (χ4v) is 3.63. The van der Waals surface area contributed by atoms with E-state index in [1.54, 1.807) is 22.8 Å². The van der Waals surface area contributed by atoms with Crippen LogP contribution in [0.25, 0.3) is 0 Å². The van der Waals surface area contributed by atoms with Crippen molar-refractivity contribution in [3.8, 4) is 0 Å². The molecular weight excluding hydrogens is 320 g/mol. The summed E-state index contributed by atoms with van der Waals surface area (Å²) < 4.78 is 1.71. The smallest absolute Gasteiger partial charge is 0.322 e. The lowest BCUT2D eigenvalue weighted by Gasteiger charge is -2.28. The Morgan fingerprint density at radius 1 is 1.28 bits per heavy atom. The number of aromatic amines is 1. The van der Waals surface area contributed by atoms with Gasteiger partial charge in [-0.3, -0.25) is 14.6 Å². The quantitative estimate of drug-likeness (QED) is 0.861. The van der Waals surface area contributed by atoms with Crippen molar-refractivity contribution in [1.29, 1.82) is 0 Å². The molecule has 2 amide bonds. The first-order chi connectivity index (χ1) is 12.1. The van der Waals surface area contributed by atoms with Crippen molar-refractivity contribution in [2.24, 2.45) is 7.05 Å². The van der Waals surface area contributed by atoms with Gasteiger partial charge in [-0.15, -0.1) is 0 Å². The van der Waals surface area contributed by atoms with Crippen LogP contribution < -0.4 is 15.8 Å². The predicted octanol–water partition coefficient (Wildman–Crippen LogP) is 1.30. The number of urea groups is 1. The van der Waals surface area contributed by atoms with E-state index in [-0.39, 0.29) is 11.6 Å². The van der Waals surface area contributed by atoms with E-state index >= 15 is 0 Å². The Labute approximate surface area is 145 Å². The van der Waals surface area contributed by atoms with E-state index in [9.17, 15) is 9.59 Å². The Bertz CT molecular complexity index is 849. The second-order valence-electron chi connectivity index (χ2n) is 6.60. The molecule has 0 aromatic carbocycles. The largest absolute Gasteiger partial charge is 0.355 e. The topological polar surface area (TPSA) is 86.3 Å². The van der Waals surface area contributed by atoms with Gasteiger partial charge >= 0.3 is 6.03 Å². The number of carbonyl (C=O) groups is 1. The van der Waals surface area contributed by atoms with Crippen LogP contribution in [0.2, 0.25) is 0 Å². The summed E-state index contributed by atoms with van der Waals surface area (Å²) in [7, 11) is 1.80. The van der Waals surface area contributed by atoms with Gasteiger partial charge < -0.3 is 15.1 Å². The Kier molecular flexibility index (Phi) is 3.95. The first-order valence-electron chi connectivity index (χ1n) is 8.66. The number of hydrogen-bond acceptors (Lipinski definition) is 4. The lowest BCUT2D eigenvalue weighted by molar-refractivity contribution is 0.204. The van der Waals surface area contributed by atoms with Crippen molar-refractivity contribution < 1.29 is 4.79 Å². The van der Waals surface area contributed by atoms with Gasteiger partial charge in [-0.1, -0.05) is 0 Å². The number of aryl methyl sites for hydroxylation is 1. The SMILES string of the molecule is Cn1[nH]c(=O)c2c1CN(C(=O)Nc1cccnc1N1CCCC1)CC2. The number of hydrogen-bond donors (Lipinski definition) is 2. The Morgan fingerprint density at radius 2 is 2.08 bits per heavy atom. The summed E-state index contributed by atoms with van der Waals surface area (Å²) in [5.74, 6) is 0.833. The van der Waals surface area contributed by atoms with Crippen LogP contribution >= 0.6 is 0 Å². The number of aromatic nitrogens is 3. The number of nitrogens with one attached hydrogen (secondary N) is 2. The molecule has 0 radical (unpaired) electrons. The first-order valence-corrected chi connectivity index (χ1v) is 8.66. The molecule has 8 nitrogen and oxygen atoms in total. The van der Waals surface area contributed by atoms with Gasteiger partial charge in [0.15, 0.2) is 5.82 Å². The van der Waals surface area contributed by atoms with Gasteiger partial charge in [0.05, 0.1) is 17.9 Å². The summed E-state index contributed by atoms with van der Waals surface area (Å²) in [6.45, 7) is 2.90. The Morgan fingerprint density at radius 3 is 2.88 bits per heavy atom. The molecule has 2 aromatic heterocycles. The van der Waals surface area contributed by atoms with Crippen LogP contribution in [-0.2, 0) is 20.0 Å². The molecule has 0 spiro atoms. The fraction of sp³-hybridized carbons (Fsp3) is 0.471. The summed E-state index contributed by atoms with van der Waals surface area (Å²) in [6, 6.07) is 3.56. The van der Waals surface area contributed by atoms with Crippen LogP contribution in [0.5, 0.6) is 0 Å². The van der Waals surface area contributed by atoms with Crippen LogP contribution in [0, 0.1) is 0 Å². The zero-order chi connectivity index (χ0) is 17.4. The summed E-state index contributed by atoms with van der Waals surface area (Å²) >= 11 is 0. The highest BCUT2D eigenvalue weighted by Crippen LogP contribution is 2.26. The minimum absolute atomic E-state index is 0.0545. The Hall–Kier alpha value is -2.77. The maximum Gasteiger partial charge on any atom is 0.322 e. The normalized spacial score (nSPS) is 16.8. The van der Waals surface area contributed by atoms with Crippen LogP contribution in [-0.4, -0.2) is 45.3 Å². The number of anilines is 2. The molecule has 0 aliphatic carbocycles. The van der Waals surface area contributed by atoms with Gasteiger partial charge in [-0.05, 0) is 31.4 Å². The zero-order valence-electron chi connectivity index (χ0n) is 14.3. The number of pyridine rings is 1. The molecule has 2 aliphatic rings. The van der Waals surface area contributed by atoms with E-state index in [4.69, 9.17) is 0 Å². The van der Waals surface area contributed by atoms with E-state index in [1.165, 1.54) is 0 Å². The van der Waals surface area contributed by atoms with Gasteiger partial charge in [0, 0.05) is 38.4 Å². The van der Waals surface area contributed by atoms with Gasteiger partial charge in [0.2, 0.25) is 0 Å². The van der Waals surface area contributed by atoms with Crippen molar-refractivity contribution in [2.75, 3.05) is 29.9 Å². The van der Waals surface area contributed by atoms with Crippen molar-refractivity contribution >= 4 is 17.5 Å². The van der Waals surface area contributed by atoms with Crippen molar-refractivity contribution in [3.05, 3.63) is 39.9 Å². The predicted molar refractivity (Wildman–Crippen MR) is 94.9 cm³/mol. The molecule has 132 valence electrons. The average Bonchev–Trinajstić information content (AvgIpc) is 3.24. The van der Waals surface area contributed by atoms with Crippen LogP contribution in [0.4, 0.5) is 16.3 Å². The number of H-pyrrole nitrogens is 1. The number of amides is 2.